The van der Waals surface area contributed by atoms with Crippen molar-refractivity contribution in [3.63, 3.8) is 0 Å². The van der Waals surface area contributed by atoms with Crippen molar-refractivity contribution < 1.29 is 27.1 Å². The summed E-state index contributed by atoms with van der Waals surface area (Å²) in [5.74, 6) is -0.951. The lowest BCUT2D eigenvalue weighted by Crippen LogP contribution is -2.36. The van der Waals surface area contributed by atoms with Gasteiger partial charge in [-0.3, -0.25) is 9.52 Å². The molecule has 2 heterocycles. The van der Waals surface area contributed by atoms with Crippen molar-refractivity contribution in [3.8, 4) is 0 Å². The Morgan fingerprint density at radius 2 is 2.00 bits per heavy atom. The molecule has 3 aromatic rings. The van der Waals surface area contributed by atoms with Gasteiger partial charge in [-0.2, -0.15) is 0 Å². The van der Waals surface area contributed by atoms with Crippen molar-refractivity contribution >= 4 is 33.1 Å². The third-order valence-corrected chi connectivity index (χ3v) is 6.96. The second-order valence-electron chi connectivity index (χ2n) is 9.16. The molecular formula is C23H25FN4O5S. The summed E-state index contributed by atoms with van der Waals surface area (Å²) in [7, 11) is -3.97. The first-order valence-corrected chi connectivity index (χ1v) is 12.2. The van der Waals surface area contributed by atoms with Gasteiger partial charge < -0.3 is 15.0 Å². The average Bonchev–Trinajstić information content (AvgIpc) is 3.25. The molecule has 0 spiro atoms. The zero-order valence-electron chi connectivity index (χ0n) is 18.9. The summed E-state index contributed by atoms with van der Waals surface area (Å²) < 4.78 is 46.4. The lowest BCUT2D eigenvalue weighted by molar-refractivity contribution is -0.118. The number of imidazole rings is 1. The van der Waals surface area contributed by atoms with Crippen LogP contribution in [0.4, 0.5) is 9.18 Å². The summed E-state index contributed by atoms with van der Waals surface area (Å²) in [5, 5.41) is 1.50. The topological polar surface area (TPSA) is 130 Å². The number of aromatic nitrogens is 2. The smallest absolute Gasteiger partial charge is 0.408 e. The number of halogens is 1. The molecule has 3 N–H and O–H groups in total. The first-order chi connectivity index (χ1) is 15.9. The molecule has 34 heavy (non-hydrogen) atoms. The molecule has 1 fully saturated rings. The van der Waals surface area contributed by atoms with Gasteiger partial charge in [0.25, 0.3) is 0 Å². The maximum Gasteiger partial charge on any atom is 0.408 e. The first kappa shape index (κ1) is 23.7. The molecule has 1 aliphatic rings. The number of hydrogen-bond donors (Lipinski definition) is 3. The van der Waals surface area contributed by atoms with Crippen LogP contribution in [0.2, 0.25) is 0 Å². The van der Waals surface area contributed by atoms with E-state index in [9.17, 15) is 22.4 Å². The van der Waals surface area contributed by atoms with E-state index in [0.717, 1.165) is 5.52 Å². The summed E-state index contributed by atoms with van der Waals surface area (Å²) in [4.78, 5) is 31.7. The van der Waals surface area contributed by atoms with Crippen molar-refractivity contribution in [1.29, 1.82) is 0 Å². The predicted octanol–water partition coefficient (Wildman–Crippen LogP) is 3.40. The van der Waals surface area contributed by atoms with Crippen LogP contribution < -0.4 is 10.0 Å². The number of carbonyl (C=O) groups is 2. The van der Waals surface area contributed by atoms with E-state index in [2.05, 4.69) is 15.3 Å². The van der Waals surface area contributed by atoms with Gasteiger partial charge in [-0.25, -0.2) is 22.6 Å². The van der Waals surface area contributed by atoms with Crippen molar-refractivity contribution in [2.45, 2.75) is 50.5 Å². The molecule has 9 nitrogen and oxygen atoms in total. The fourth-order valence-electron chi connectivity index (χ4n) is 3.82. The van der Waals surface area contributed by atoms with Crippen LogP contribution in [0.3, 0.4) is 0 Å². The molecule has 1 unspecified atom stereocenters. The molecule has 0 saturated carbocycles. The zero-order chi connectivity index (χ0) is 24.7. The minimum atomic E-state index is -3.97. The number of aromatic amines is 1. The van der Waals surface area contributed by atoms with Crippen LogP contribution in [0.15, 0.2) is 42.5 Å². The molecule has 4 rings (SSSR count). The lowest BCUT2D eigenvalue weighted by Gasteiger charge is -2.23. The molecule has 0 aliphatic carbocycles. The van der Waals surface area contributed by atoms with Crippen LogP contribution in [0, 0.1) is 5.82 Å². The van der Waals surface area contributed by atoms with Crippen molar-refractivity contribution in [1.82, 2.24) is 20.0 Å². The highest BCUT2D eigenvalue weighted by atomic mass is 32.2. The number of benzene rings is 2. The quantitative estimate of drug-likeness (QED) is 0.505. The van der Waals surface area contributed by atoms with Gasteiger partial charge in [-0.15, -0.1) is 0 Å². The number of fused-ring (bicyclic) bond motifs is 1. The number of H-pyrrole nitrogens is 1. The highest BCUT2D eigenvalue weighted by molar-refractivity contribution is 7.90. The SMILES string of the molecule is CC(C)(C)OC(=O)N[C@@H](Cc1ccc(C2CC(=O)NS2(=O)=O)c(F)c1)c1nc2ccccc2[nH]1. The molecule has 2 atom stereocenters. The first-order valence-electron chi connectivity index (χ1n) is 10.7. The molecule has 11 heteroatoms. The van der Waals surface area contributed by atoms with Crippen LogP contribution in [0.5, 0.6) is 0 Å². The van der Waals surface area contributed by atoms with Gasteiger partial charge >= 0.3 is 6.09 Å². The Hall–Kier alpha value is -3.47. The van der Waals surface area contributed by atoms with E-state index in [1.807, 2.05) is 29.0 Å². The van der Waals surface area contributed by atoms with Crippen LogP contribution in [0.1, 0.15) is 55.4 Å². The fraction of sp³-hybridized carbons (Fsp3) is 0.348. The van der Waals surface area contributed by atoms with Crippen LogP contribution in [-0.4, -0.2) is 36.0 Å². The fourth-order valence-corrected chi connectivity index (χ4v) is 5.26. The third kappa shape index (κ3) is 5.19. The van der Waals surface area contributed by atoms with Gasteiger partial charge in [0.05, 0.1) is 23.5 Å². The number of nitrogens with one attached hydrogen (secondary N) is 3. The number of nitrogens with zero attached hydrogens (tertiary/aromatic N) is 1. The normalized spacial score (nSPS) is 18.5. The van der Waals surface area contributed by atoms with Gasteiger partial charge in [-0.1, -0.05) is 24.3 Å². The summed E-state index contributed by atoms with van der Waals surface area (Å²) in [6, 6.07) is 10.8. The maximum absolute atomic E-state index is 14.9. The van der Waals surface area contributed by atoms with Crippen molar-refractivity contribution in [2.75, 3.05) is 0 Å². The van der Waals surface area contributed by atoms with Crippen LogP contribution in [-0.2, 0) is 26.0 Å². The maximum atomic E-state index is 14.9. The van der Waals surface area contributed by atoms with E-state index < -0.39 is 44.7 Å². The molecule has 180 valence electrons. The molecule has 0 radical (unpaired) electrons. The van der Waals surface area contributed by atoms with E-state index in [1.54, 1.807) is 26.8 Å². The molecule has 1 aliphatic heterocycles. The molecule has 2 aromatic carbocycles. The Balaban J connectivity index is 1.62. The standard InChI is InChI=1S/C23H25FN4O5S/c1-23(2,3)33-22(30)27-18(21-25-16-6-4-5-7-17(16)26-21)11-13-8-9-14(15(24)10-13)19-12-20(29)28-34(19,31)32/h4-10,18-19H,11-12H2,1-3H3,(H,25,26)(H,27,30)(H,28,29)/t18-,19?/m0/s1. The summed E-state index contributed by atoms with van der Waals surface area (Å²) >= 11 is 0. The Labute approximate surface area is 196 Å². The number of carbonyl (C=O) groups excluding carboxylic acids is 2. The van der Waals surface area contributed by atoms with Crippen LogP contribution >= 0.6 is 0 Å². The predicted molar refractivity (Wildman–Crippen MR) is 123 cm³/mol. The second kappa shape index (κ2) is 8.71. The van der Waals surface area contributed by atoms with Gasteiger partial charge in [0.1, 0.15) is 22.5 Å². The molecule has 2 amide bonds. The number of ether oxygens (including phenoxy) is 1. The minimum Gasteiger partial charge on any atom is -0.444 e. The summed E-state index contributed by atoms with van der Waals surface area (Å²) in [6.07, 6.45) is -0.831. The number of para-hydroxylation sites is 2. The van der Waals surface area contributed by atoms with Gasteiger partial charge in [0, 0.05) is 12.0 Å². The van der Waals surface area contributed by atoms with E-state index in [-0.39, 0.29) is 18.4 Å². The third-order valence-electron chi connectivity index (χ3n) is 5.28. The van der Waals surface area contributed by atoms with E-state index >= 15 is 0 Å². The van der Waals surface area contributed by atoms with Crippen molar-refractivity contribution in [2.24, 2.45) is 0 Å². The van der Waals surface area contributed by atoms with Crippen molar-refractivity contribution in [3.05, 3.63) is 65.2 Å². The largest absolute Gasteiger partial charge is 0.444 e. The number of amides is 2. The zero-order valence-corrected chi connectivity index (χ0v) is 19.7. The summed E-state index contributed by atoms with van der Waals surface area (Å²) in [6.45, 7) is 5.23. The Bertz CT molecular complexity index is 1330. The van der Waals surface area contributed by atoms with Gasteiger partial charge in [0.2, 0.25) is 15.9 Å². The number of rotatable bonds is 5. The minimum absolute atomic E-state index is 0.0810. The molecule has 1 saturated heterocycles. The molecule has 0 bridgehead atoms. The van der Waals surface area contributed by atoms with E-state index in [0.29, 0.717) is 16.9 Å². The van der Waals surface area contributed by atoms with Gasteiger partial charge in [-0.05, 0) is 44.5 Å². The number of alkyl carbamates (subject to hydrolysis) is 1. The molecule has 1 aromatic heterocycles. The van der Waals surface area contributed by atoms with Gasteiger partial charge in [0.15, 0.2) is 0 Å². The lowest BCUT2D eigenvalue weighted by atomic mass is 10.0. The monoisotopic (exact) mass is 488 g/mol. The van der Waals surface area contributed by atoms with E-state index in [4.69, 9.17) is 4.74 Å². The highest BCUT2D eigenvalue weighted by Gasteiger charge is 2.39. The second-order valence-corrected chi connectivity index (χ2v) is 11.0. The molecular weight excluding hydrogens is 463 g/mol. The Morgan fingerprint density at radius 3 is 2.62 bits per heavy atom. The number of sulfonamides is 1. The average molecular weight is 489 g/mol. The van der Waals surface area contributed by atoms with Crippen LogP contribution in [0.25, 0.3) is 11.0 Å². The highest BCUT2D eigenvalue weighted by Crippen LogP contribution is 2.32. The van der Waals surface area contributed by atoms with E-state index in [1.165, 1.54) is 12.1 Å². The number of hydrogen-bond acceptors (Lipinski definition) is 6. The Kier molecular flexibility index (Phi) is 6.07. The summed E-state index contributed by atoms with van der Waals surface area (Å²) in [5.41, 5.74) is 1.19. The Morgan fingerprint density at radius 1 is 1.26 bits per heavy atom.